The molecule has 0 bridgehead atoms. The van der Waals surface area contributed by atoms with Gasteiger partial charge in [-0.15, -0.1) is 10.2 Å². The second-order valence-corrected chi connectivity index (χ2v) is 8.22. The normalized spacial score (nSPS) is 15.2. The summed E-state index contributed by atoms with van der Waals surface area (Å²) in [4.78, 5) is 6.80. The van der Waals surface area contributed by atoms with Crippen molar-refractivity contribution in [1.82, 2.24) is 29.9 Å². The Labute approximate surface area is 194 Å². The van der Waals surface area contributed by atoms with Crippen molar-refractivity contribution in [1.29, 1.82) is 5.26 Å². The van der Waals surface area contributed by atoms with E-state index in [0.717, 1.165) is 0 Å². The maximum absolute atomic E-state index is 15.7. The van der Waals surface area contributed by atoms with Gasteiger partial charge in [0.1, 0.15) is 18.2 Å². The van der Waals surface area contributed by atoms with Crippen molar-refractivity contribution in [3.05, 3.63) is 72.3 Å². The molecule has 0 N–H and O–H groups in total. The lowest BCUT2D eigenvalue weighted by atomic mass is 9.91. The van der Waals surface area contributed by atoms with E-state index in [0.29, 0.717) is 52.7 Å². The van der Waals surface area contributed by atoms with Gasteiger partial charge in [0.25, 0.3) is 0 Å². The van der Waals surface area contributed by atoms with E-state index in [1.807, 2.05) is 4.90 Å². The SMILES string of the molecule is Cn1cnnc1C1(F)CCN(c2c(C#N)cc(-c3ccc(F)cc3)nc2-c2ccnnc2)CC1. The van der Waals surface area contributed by atoms with Crippen molar-refractivity contribution in [2.45, 2.75) is 18.5 Å². The van der Waals surface area contributed by atoms with Crippen LogP contribution in [0.5, 0.6) is 0 Å². The Morgan fingerprint density at radius 1 is 1.03 bits per heavy atom. The van der Waals surface area contributed by atoms with E-state index in [2.05, 4.69) is 26.5 Å². The Morgan fingerprint density at radius 3 is 2.41 bits per heavy atom. The van der Waals surface area contributed by atoms with E-state index < -0.39 is 5.67 Å². The Hall–Kier alpha value is -4.26. The number of halogens is 2. The number of piperidine rings is 1. The van der Waals surface area contributed by atoms with Gasteiger partial charge in [0.2, 0.25) is 0 Å². The summed E-state index contributed by atoms with van der Waals surface area (Å²) in [6, 6.07) is 11.6. The van der Waals surface area contributed by atoms with Gasteiger partial charge in [0.15, 0.2) is 11.5 Å². The zero-order valence-corrected chi connectivity index (χ0v) is 18.4. The van der Waals surface area contributed by atoms with Crippen LogP contribution in [0.2, 0.25) is 0 Å². The first-order valence-electron chi connectivity index (χ1n) is 10.7. The van der Waals surface area contributed by atoms with Crippen molar-refractivity contribution in [3.63, 3.8) is 0 Å². The Bertz CT molecular complexity index is 1350. The molecule has 1 aliphatic heterocycles. The Kier molecular flexibility index (Phi) is 5.45. The number of nitrogens with zero attached hydrogens (tertiary/aromatic N) is 8. The van der Waals surface area contributed by atoms with Crippen LogP contribution in [0.1, 0.15) is 24.2 Å². The van der Waals surface area contributed by atoms with Crippen LogP contribution in [0.3, 0.4) is 0 Å². The summed E-state index contributed by atoms with van der Waals surface area (Å²) in [6.45, 7) is 0.724. The molecule has 10 heteroatoms. The van der Waals surface area contributed by atoms with Crippen molar-refractivity contribution >= 4 is 5.69 Å². The lowest BCUT2D eigenvalue weighted by Gasteiger charge is -2.37. The third-order valence-corrected chi connectivity index (χ3v) is 6.10. The predicted octanol–water partition coefficient (Wildman–Crippen LogP) is 3.81. The molecule has 34 heavy (non-hydrogen) atoms. The van der Waals surface area contributed by atoms with E-state index in [-0.39, 0.29) is 18.7 Å². The molecule has 0 spiro atoms. The minimum Gasteiger partial charge on any atom is -0.368 e. The Balaban J connectivity index is 1.57. The van der Waals surface area contributed by atoms with Crippen LogP contribution < -0.4 is 4.90 Å². The van der Waals surface area contributed by atoms with Crippen molar-refractivity contribution in [3.8, 4) is 28.6 Å². The summed E-state index contributed by atoms with van der Waals surface area (Å²) in [6.07, 6.45) is 5.00. The fourth-order valence-corrected chi connectivity index (χ4v) is 4.34. The number of aryl methyl sites for hydroxylation is 1. The summed E-state index contributed by atoms with van der Waals surface area (Å²) < 4.78 is 30.8. The van der Waals surface area contributed by atoms with Gasteiger partial charge in [-0.05, 0) is 36.4 Å². The molecule has 1 aromatic carbocycles. The highest BCUT2D eigenvalue weighted by Crippen LogP contribution is 2.41. The maximum Gasteiger partial charge on any atom is 0.173 e. The predicted molar refractivity (Wildman–Crippen MR) is 121 cm³/mol. The molecule has 1 aliphatic rings. The van der Waals surface area contributed by atoms with Gasteiger partial charge in [-0.2, -0.15) is 15.5 Å². The number of hydrogen-bond donors (Lipinski definition) is 0. The molecule has 0 radical (unpaired) electrons. The number of nitriles is 1. The first kappa shape index (κ1) is 21.6. The second-order valence-electron chi connectivity index (χ2n) is 8.22. The zero-order chi connectivity index (χ0) is 23.7. The number of pyridine rings is 1. The van der Waals surface area contributed by atoms with Gasteiger partial charge in [-0.1, -0.05) is 0 Å². The monoisotopic (exact) mass is 458 g/mol. The summed E-state index contributed by atoms with van der Waals surface area (Å²) in [5, 5.41) is 25.6. The lowest BCUT2D eigenvalue weighted by Crippen LogP contribution is -2.42. The molecule has 8 nitrogen and oxygen atoms in total. The molecule has 170 valence electrons. The van der Waals surface area contributed by atoms with E-state index in [1.165, 1.54) is 18.5 Å². The molecule has 4 aromatic rings. The van der Waals surface area contributed by atoms with Gasteiger partial charge >= 0.3 is 0 Å². The van der Waals surface area contributed by atoms with E-state index in [9.17, 15) is 9.65 Å². The first-order chi connectivity index (χ1) is 16.5. The molecule has 3 aromatic heterocycles. The molecule has 4 heterocycles. The van der Waals surface area contributed by atoms with E-state index >= 15 is 4.39 Å². The van der Waals surface area contributed by atoms with Crippen LogP contribution in [-0.2, 0) is 12.7 Å². The Morgan fingerprint density at radius 2 is 1.79 bits per heavy atom. The standard InChI is InChI=1S/C24H20F2N8/c1-33-15-30-32-23(33)24(26)7-10-34(11-8-24)22-18(13-27)12-20(16-2-4-19(25)5-3-16)31-21(22)17-6-9-28-29-14-17/h2-6,9,12,14-15H,7-8,10-11H2,1H3. The minimum absolute atomic E-state index is 0.193. The molecule has 0 unspecified atom stereocenters. The molecule has 1 saturated heterocycles. The summed E-state index contributed by atoms with van der Waals surface area (Å²) in [5.74, 6) is -0.0543. The average molecular weight is 458 g/mol. The molecule has 0 atom stereocenters. The molecular weight excluding hydrogens is 438 g/mol. The topological polar surface area (TPSA) is 96.4 Å². The highest BCUT2D eigenvalue weighted by Gasteiger charge is 2.41. The number of hydrogen-bond acceptors (Lipinski definition) is 7. The zero-order valence-electron chi connectivity index (χ0n) is 18.4. The first-order valence-corrected chi connectivity index (χ1v) is 10.7. The van der Waals surface area contributed by atoms with Gasteiger partial charge in [-0.25, -0.2) is 13.8 Å². The van der Waals surface area contributed by atoms with Crippen LogP contribution in [0.15, 0.2) is 55.1 Å². The molecular formula is C24H20F2N8. The molecule has 5 rings (SSSR count). The maximum atomic E-state index is 15.7. The quantitative estimate of drug-likeness (QED) is 0.459. The number of benzene rings is 1. The van der Waals surface area contributed by atoms with Crippen molar-refractivity contribution in [2.24, 2.45) is 7.05 Å². The molecule has 0 aliphatic carbocycles. The summed E-state index contributed by atoms with van der Waals surface area (Å²) in [5.41, 5.74) is 1.83. The van der Waals surface area contributed by atoms with Crippen LogP contribution in [0.25, 0.3) is 22.5 Å². The summed E-state index contributed by atoms with van der Waals surface area (Å²) in [7, 11) is 1.73. The lowest BCUT2D eigenvalue weighted by molar-refractivity contribution is 0.109. The molecule has 0 saturated carbocycles. The number of anilines is 1. The van der Waals surface area contributed by atoms with E-state index in [1.54, 1.807) is 48.3 Å². The third-order valence-electron chi connectivity index (χ3n) is 6.10. The van der Waals surface area contributed by atoms with Crippen molar-refractivity contribution in [2.75, 3.05) is 18.0 Å². The largest absolute Gasteiger partial charge is 0.368 e. The van der Waals surface area contributed by atoms with Crippen molar-refractivity contribution < 1.29 is 8.78 Å². The number of rotatable bonds is 4. The van der Waals surface area contributed by atoms with Crippen LogP contribution in [0.4, 0.5) is 14.5 Å². The fourth-order valence-electron chi connectivity index (χ4n) is 4.34. The third kappa shape index (κ3) is 3.85. The van der Waals surface area contributed by atoms with E-state index in [4.69, 9.17) is 4.98 Å². The van der Waals surface area contributed by atoms with Crippen LogP contribution >= 0.6 is 0 Å². The number of aromatic nitrogens is 6. The minimum atomic E-state index is -1.60. The van der Waals surface area contributed by atoms with Gasteiger partial charge in [-0.3, -0.25) is 0 Å². The van der Waals surface area contributed by atoms with Gasteiger partial charge in [0, 0.05) is 44.1 Å². The average Bonchev–Trinajstić information content (AvgIpc) is 3.31. The second kappa shape index (κ2) is 8.59. The van der Waals surface area contributed by atoms with Crippen LogP contribution in [0, 0.1) is 17.1 Å². The smallest absolute Gasteiger partial charge is 0.173 e. The molecule has 0 amide bonds. The van der Waals surface area contributed by atoms with Crippen LogP contribution in [-0.4, -0.2) is 43.0 Å². The summed E-state index contributed by atoms with van der Waals surface area (Å²) >= 11 is 0. The fraction of sp³-hybridized carbons (Fsp3) is 0.250. The van der Waals surface area contributed by atoms with Gasteiger partial charge in [0.05, 0.1) is 35.0 Å². The van der Waals surface area contributed by atoms with Gasteiger partial charge < -0.3 is 9.47 Å². The highest BCUT2D eigenvalue weighted by molar-refractivity contribution is 5.82. The number of alkyl halides is 1. The molecule has 1 fully saturated rings. The highest BCUT2D eigenvalue weighted by atomic mass is 19.1.